The Morgan fingerprint density at radius 3 is 1.39 bits per heavy atom. The van der Waals surface area contributed by atoms with Crippen molar-refractivity contribution in [2.75, 3.05) is 0 Å². The average Bonchev–Trinajstić information content (AvgIpc) is 3.38. The normalized spacial score (nSPS) is 11.8. The van der Waals surface area contributed by atoms with Crippen molar-refractivity contribution in [1.29, 1.82) is 0 Å². The first-order valence-electron chi connectivity index (χ1n) is 11.4. The van der Waals surface area contributed by atoms with Gasteiger partial charge in [0.15, 0.2) is 0 Å². The molecule has 156 valence electrons. The van der Waals surface area contributed by atoms with Crippen molar-refractivity contribution in [3.8, 4) is 11.4 Å². The zero-order chi connectivity index (χ0) is 21.9. The number of benzene rings is 5. The van der Waals surface area contributed by atoms with E-state index in [0.29, 0.717) is 0 Å². The van der Waals surface area contributed by atoms with Crippen molar-refractivity contribution in [1.82, 2.24) is 9.13 Å². The summed E-state index contributed by atoms with van der Waals surface area (Å²) in [6.07, 6.45) is 0. The van der Waals surface area contributed by atoms with E-state index in [2.05, 4.69) is 131 Å². The molecule has 0 aliphatic rings. The molecule has 0 atom stereocenters. The standard InChI is InChI=1S/C31H22N2/c1-21-15-17-23(18-16-21)33-27-14-8-6-12-25(27)31-29(33)20-19-28-30(31)24-11-5-7-13-26(24)32(28)22-9-3-2-4-10-22/h2-20H,1H3. The van der Waals surface area contributed by atoms with Gasteiger partial charge in [0.2, 0.25) is 0 Å². The maximum absolute atomic E-state index is 2.40. The third-order valence-electron chi connectivity index (χ3n) is 6.78. The van der Waals surface area contributed by atoms with Crippen molar-refractivity contribution >= 4 is 43.6 Å². The van der Waals surface area contributed by atoms with E-state index in [0.717, 1.165) is 0 Å². The van der Waals surface area contributed by atoms with Crippen LogP contribution in [-0.4, -0.2) is 9.13 Å². The molecule has 0 amide bonds. The number of nitrogens with zero attached hydrogens (tertiary/aromatic N) is 2. The van der Waals surface area contributed by atoms with Crippen molar-refractivity contribution in [2.24, 2.45) is 0 Å². The lowest BCUT2D eigenvalue weighted by molar-refractivity contribution is 1.17. The first-order valence-corrected chi connectivity index (χ1v) is 11.4. The van der Waals surface area contributed by atoms with Crippen LogP contribution in [0.5, 0.6) is 0 Å². The number of aryl methyl sites for hydroxylation is 1. The molecule has 0 aliphatic carbocycles. The molecular formula is C31H22N2. The van der Waals surface area contributed by atoms with Crippen molar-refractivity contribution in [3.05, 3.63) is 121 Å². The van der Waals surface area contributed by atoms with Crippen LogP contribution in [0.1, 0.15) is 5.56 Å². The monoisotopic (exact) mass is 422 g/mol. The van der Waals surface area contributed by atoms with E-state index >= 15 is 0 Å². The molecule has 2 heterocycles. The summed E-state index contributed by atoms with van der Waals surface area (Å²) in [6.45, 7) is 2.14. The second-order valence-electron chi connectivity index (χ2n) is 8.73. The first kappa shape index (κ1) is 18.3. The Bertz CT molecular complexity index is 1800. The average molecular weight is 423 g/mol. The third kappa shape index (κ3) is 2.55. The van der Waals surface area contributed by atoms with Crippen LogP contribution in [0.2, 0.25) is 0 Å². The molecular weight excluding hydrogens is 400 g/mol. The Kier molecular flexibility index (Phi) is 3.80. The number of fused-ring (bicyclic) bond motifs is 7. The Hall–Kier alpha value is -4.30. The molecule has 0 saturated carbocycles. The number of hydrogen-bond donors (Lipinski definition) is 0. The summed E-state index contributed by atoms with van der Waals surface area (Å²) in [6, 6.07) is 41.6. The summed E-state index contributed by atoms with van der Waals surface area (Å²) in [5, 5.41) is 5.20. The van der Waals surface area contributed by atoms with Gasteiger partial charge in [0.1, 0.15) is 0 Å². The SMILES string of the molecule is Cc1ccc(-n2c3ccccc3c3c4c5ccccc5n(-c5ccccc5)c4ccc32)cc1. The number of hydrogen-bond acceptors (Lipinski definition) is 0. The minimum atomic E-state index is 1.19. The molecule has 2 aromatic heterocycles. The van der Waals surface area contributed by atoms with Gasteiger partial charge in [0, 0.05) is 32.9 Å². The van der Waals surface area contributed by atoms with Crippen LogP contribution in [0.4, 0.5) is 0 Å². The van der Waals surface area contributed by atoms with Crippen LogP contribution in [0.25, 0.3) is 55.0 Å². The summed E-state index contributed by atoms with van der Waals surface area (Å²) in [5.74, 6) is 0. The van der Waals surface area contributed by atoms with Crippen LogP contribution < -0.4 is 0 Å². The number of aromatic nitrogens is 2. The van der Waals surface area contributed by atoms with Crippen LogP contribution >= 0.6 is 0 Å². The van der Waals surface area contributed by atoms with Gasteiger partial charge >= 0.3 is 0 Å². The molecule has 0 spiro atoms. The summed E-state index contributed by atoms with van der Waals surface area (Å²) in [4.78, 5) is 0. The van der Waals surface area contributed by atoms with E-state index < -0.39 is 0 Å². The fourth-order valence-corrected chi connectivity index (χ4v) is 5.35. The molecule has 33 heavy (non-hydrogen) atoms. The highest BCUT2D eigenvalue weighted by Gasteiger charge is 2.19. The molecule has 0 fully saturated rings. The summed E-state index contributed by atoms with van der Waals surface area (Å²) in [7, 11) is 0. The third-order valence-corrected chi connectivity index (χ3v) is 6.78. The van der Waals surface area contributed by atoms with E-state index in [1.807, 2.05) is 0 Å². The Balaban J connectivity index is 1.72. The van der Waals surface area contributed by atoms with Crippen LogP contribution in [0.3, 0.4) is 0 Å². The van der Waals surface area contributed by atoms with Gasteiger partial charge in [-0.05, 0) is 55.5 Å². The molecule has 0 unspecified atom stereocenters. The second kappa shape index (κ2) is 6.85. The minimum Gasteiger partial charge on any atom is -0.309 e. The predicted molar refractivity (Wildman–Crippen MR) is 140 cm³/mol. The zero-order valence-corrected chi connectivity index (χ0v) is 18.4. The molecule has 2 heteroatoms. The van der Waals surface area contributed by atoms with Gasteiger partial charge in [0.05, 0.1) is 22.1 Å². The van der Waals surface area contributed by atoms with Gasteiger partial charge < -0.3 is 9.13 Å². The highest BCUT2D eigenvalue weighted by molar-refractivity contribution is 6.28. The molecule has 5 aromatic carbocycles. The van der Waals surface area contributed by atoms with Crippen LogP contribution in [-0.2, 0) is 0 Å². The maximum Gasteiger partial charge on any atom is 0.0548 e. The predicted octanol–water partition coefficient (Wildman–Crippen LogP) is 8.19. The lowest BCUT2D eigenvalue weighted by Crippen LogP contribution is -1.94. The van der Waals surface area contributed by atoms with Gasteiger partial charge in [0.25, 0.3) is 0 Å². The maximum atomic E-state index is 2.40. The lowest BCUT2D eigenvalue weighted by atomic mass is 10.1. The summed E-state index contributed by atoms with van der Waals surface area (Å²) >= 11 is 0. The van der Waals surface area contributed by atoms with Gasteiger partial charge in [-0.3, -0.25) is 0 Å². The van der Waals surface area contributed by atoms with Gasteiger partial charge in [-0.2, -0.15) is 0 Å². The fraction of sp³-hybridized carbons (Fsp3) is 0.0323. The minimum absolute atomic E-state index is 1.19. The molecule has 0 radical (unpaired) electrons. The van der Waals surface area contributed by atoms with E-state index in [1.165, 1.54) is 60.5 Å². The van der Waals surface area contributed by atoms with Crippen molar-refractivity contribution in [2.45, 2.75) is 6.92 Å². The summed E-state index contributed by atoms with van der Waals surface area (Å²) in [5.41, 5.74) is 8.60. The largest absolute Gasteiger partial charge is 0.309 e. The van der Waals surface area contributed by atoms with Gasteiger partial charge in [-0.15, -0.1) is 0 Å². The van der Waals surface area contributed by atoms with E-state index in [1.54, 1.807) is 0 Å². The second-order valence-corrected chi connectivity index (χ2v) is 8.73. The highest BCUT2D eigenvalue weighted by Crippen LogP contribution is 2.42. The van der Waals surface area contributed by atoms with E-state index in [4.69, 9.17) is 0 Å². The molecule has 0 bridgehead atoms. The first-order chi connectivity index (χ1) is 16.3. The topological polar surface area (TPSA) is 9.86 Å². The molecule has 0 N–H and O–H groups in total. The Labute approximate surface area is 191 Å². The van der Waals surface area contributed by atoms with Crippen molar-refractivity contribution in [3.63, 3.8) is 0 Å². The van der Waals surface area contributed by atoms with Gasteiger partial charge in [-0.25, -0.2) is 0 Å². The highest BCUT2D eigenvalue weighted by atomic mass is 15.0. The smallest absolute Gasteiger partial charge is 0.0548 e. The molecule has 7 rings (SSSR count). The molecule has 0 aliphatic heterocycles. The van der Waals surface area contributed by atoms with Crippen LogP contribution in [0, 0.1) is 6.92 Å². The fourth-order valence-electron chi connectivity index (χ4n) is 5.35. The summed E-state index contributed by atoms with van der Waals surface area (Å²) < 4.78 is 4.79. The Morgan fingerprint density at radius 2 is 0.848 bits per heavy atom. The zero-order valence-electron chi connectivity index (χ0n) is 18.4. The van der Waals surface area contributed by atoms with Crippen LogP contribution in [0.15, 0.2) is 115 Å². The molecule has 2 nitrogen and oxygen atoms in total. The lowest BCUT2D eigenvalue weighted by Gasteiger charge is -2.09. The van der Waals surface area contributed by atoms with Crippen molar-refractivity contribution < 1.29 is 0 Å². The van der Waals surface area contributed by atoms with Gasteiger partial charge in [-0.1, -0.05) is 72.3 Å². The Morgan fingerprint density at radius 1 is 0.394 bits per heavy atom. The van der Waals surface area contributed by atoms with E-state index in [9.17, 15) is 0 Å². The molecule has 7 aromatic rings. The van der Waals surface area contributed by atoms with E-state index in [-0.39, 0.29) is 0 Å². The number of rotatable bonds is 2. The molecule has 0 saturated heterocycles. The quantitative estimate of drug-likeness (QED) is 0.266. The number of para-hydroxylation sites is 3.